The molecule has 0 spiro atoms. The van der Waals surface area contributed by atoms with Crippen LogP contribution in [-0.2, 0) is 14.4 Å². The fourth-order valence-corrected chi connectivity index (χ4v) is 6.26. The summed E-state index contributed by atoms with van der Waals surface area (Å²) in [7, 11) is 0. The molecule has 2 N–H and O–H groups in total. The summed E-state index contributed by atoms with van der Waals surface area (Å²) in [6, 6.07) is 23.7. The van der Waals surface area contributed by atoms with E-state index in [0.29, 0.717) is 31.9 Å². The molecule has 7 nitrogen and oxygen atoms in total. The van der Waals surface area contributed by atoms with Crippen molar-refractivity contribution >= 4 is 92.0 Å². The predicted octanol–water partition coefficient (Wildman–Crippen LogP) is 7.73. The molecule has 4 amide bonds. The number of nitrogens with one attached hydrogen (secondary N) is 2. The van der Waals surface area contributed by atoms with E-state index in [1.54, 1.807) is 48.5 Å². The van der Waals surface area contributed by atoms with Gasteiger partial charge in [0.1, 0.15) is 11.5 Å². The Morgan fingerprint density at radius 1 is 0.932 bits per heavy atom. The highest BCUT2D eigenvalue weighted by Crippen LogP contribution is 2.36. The number of imide groups is 1. The first-order valence-corrected chi connectivity index (χ1v) is 15.4. The summed E-state index contributed by atoms with van der Waals surface area (Å²) in [6.07, 6.45) is 1.44. The molecule has 5 rings (SSSR count). The Morgan fingerprint density at radius 3 is 2.34 bits per heavy atom. The third-order valence-corrected chi connectivity index (χ3v) is 8.52. The van der Waals surface area contributed by atoms with Crippen molar-refractivity contribution in [3.63, 3.8) is 0 Å². The van der Waals surface area contributed by atoms with Crippen LogP contribution in [0.2, 0.25) is 10.0 Å². The van der Waals surface area contributed by atoms with Crippen molar-refractivity contribution < 1.29 is 23.6 Å². The van der Waals surface area contributed by atoms with Gasteiger partial charge >= 0.3 is 0 Å². The zero-order chi connectivity index (χ0) is 31.4. The van der Waals surface area contributed by atoms with Gasteiger partial charge in [0.2, 0.25) is 11.8 Å². The fourth-order valence-electron chi connectivity index (χ4n) is 4.36. The fraction of sp³-hybridized carbons (Fsp3) is 0.0625. The van der Waals surface area contributed by atoms with Crippen molar-refractivity contribution in [3.8, 4) is 0 Å². The molecule has 0 aliphatic carbocycles. The quantitative estimate of drug-likeness (QED) is 0.144. The first-order valence-electron chi connectivity index (χ1n) is 13.0. The Bertz CT molecular complexity index is 1800. The molecule has 222 valence electrons. The zero-order valence-electron chi connectivity index (χ0n) is 22.5. The minimum atomic E-state index is -0.791. The van der Waals surface area contributed by atoms with Gasteiger partial charge in [0.25, 0.3) is 11.8 Å². The molecular weight excluding hydrogens is 692 g/mol. The first-order chi connectivity index (χ1) is 21.1. The Labute approximate surface area is 274 Å². The van der Waals surface area contributed by atoms with Gasteiger partial charge < -0.3 is 10.6 Å². The molecule has 1 unspecified atom stereocenters. The van der Waals surface area contributed by atoms with Crippen molar-refractivity contribution in [3.05, 3.63) is 128 Å². The summed E-state index contributed by atoms with van der Waals surface area (Å²) in [6.45, 7) is 0. The van der Waals surface area contributed by atoms with Crippen LogP contribution in [0.1, 0.15) is 22.3 Å². The van der Waals surface area contributed by atoms with Crippen molar-refractivity contribution in [2.24, 2.45) is 0 Å². The Morgan fingerprint density at radius 2 is 1.64 bits per heavy atom. The lowest BCUT2D eigenvalue weighted by atomic mass is 10.1. The standard InChI is InChI=1S/C32H21BrCl2FN3O4S/c33-19-10-8-18(9-11-19)12-27(38-30(41)25-6-1-2-7-26(25)36)31(42)37-22-4-3-5-24(16-22)44-28-17-29(40)39(32(28)43)23-14-20(34)13-21(35)15-23/h1-16,28H,17H2,(H,37,42)(H,38,41)/b27-12-. The van der Waals surface area contributed by atoms with E-state index in [0.717, 1.165) is 15.4 Å². The molecule has 0 bridgehead atoms. The van der Waals surface area contributed by atoms with E-state index in [-0.39, 0.29) is 23.6 Å². The molecule has 4 aromatic carbocycles. The van der Waals surface area contributed by atoms with Gasteiger partial charge in [-0.25, -0.2) is 9.29 Å². The molecule has 0 aromatic heterocycles. The van der Waals surface area contributed by atoms with Crippen molar-refractivity contribution in [2.45, 2.75) is 16.6 Å². The molecule has 1 saturated heterocycles. The Kier molecular flexibility index (Phi) is 9.85. The highest BCUT2D eigenvalue weighted by atomic mass is 79.9. The number of benzene rings is 4. The third-order valence-electron chi connectivity index (χ3n) is 6.37. The Balaban J connectivity index is 1.34. The van der Waals surface area contributed by atoms with Crippen LogP contribution in [0.25, 0.3) is 6.08 Å². The van der Waals surface area contributed by atoms with Crippen LogP contribution in [0.4, 0.5) is 15.8 Å². The number of carbonyl (C=O) groups is 4. The van der Waals surface area contributed by atoms with Crippen LogP contribution in [0.5, 0.6) is 0 Å². The second kappa shape index (κ2) is 13.8. The van der Waals surface area contributed by atoms with E-state index in [4.69, 9.17) is 23.2 Å². The average Bonchev–Trinajstić information content (AvgIpc) is 3.25. The third kappa shape index (κ3) is 7.57. The normalized spacial score (nSPS) is 15.0. The number of halogens is 4. The number of rotatable bonds is 8. The molecule has 1 atom stereocenters. The smallest absolute Gasteiger partial charge is 0.272 e. The summed E-state index contributed by atoms with van der Waals surface area (Å²) in [5, 5.41) is 5.15. The van der Waals surface area contributed by atoms with E-state index < -0.39 is 28.8 Å². The maximum atomic E-state index is 14.3. The van der Waals surface area contributed by atoms with E-state index in [1.165, 1.54) is 54.2 Å². The largest absolute Gasteiger partial charge is 0.321 e. The van der Waals surface area contributed by atoms with E-state index >= 15 is 0 Å². The van der Waals surface area contributed by atoms with E-state index in [2.05, 4.69) is 26.6 Å². The number of carbonyl (C=O) groups excluding carboxylic acids is 4. The summed E-state index contributed by atoms with van der Waals surface area (Å²) in [5.74, 6) is -2.97. The number of nitrogens with zero attached hydrogens (tertiary/aromatic N) is 1. The number of thioether (sulfide) groups is 1. The van der Waals surface area contributed by atoms with Crippen molar-refractivity contribution in [1.82, 2.24) is 5.32 Å². The number of hydrogen-bond donors (Lipinski definition) is 2. The van der Waals surface area contributed by atoms with Crippen LogP contribution in [0.15, 0.2) is 106 Å². The van der Waals surface area contributed by atoms with Gasteiger partial charge in [0, 0.05) is 31.5 Å². The molecule has 1 aliphatic rings. The Hall–Kier alpha value is -3.96. The van der Waals surface area contributed by atoms with Crippen LogP contribution < -0.4 is 15.5 Å². The molecule has 1 heterocycles. The lowest BCUT2D eigenvalue weighted by Gasteiger charge is -2.16. The number of anilines is 2. The molecule has 1 aliphatic heterocycles. The summed E-state index contributed by atoms with van der Waals surface area (Å²) in [4.78, 5) is 53.9. The predicted molar refractivity (Wildman–Crippen MR) is 174 cm³/mol. The SMILES string of the molecule is O=C(Nc1cccc(SC2CC(=O)N(c3cc(Cl)cc(Cl)c3)C2=O)c1)/C(=C/c1ccc(Br)cc1)NC(=O)c1ccccc1F. The number of amides is 4. The molecule has 0 saturated carbocycles. The van der Waals surface area contributed by atoms with Crippen molar-refractivity contribution in [2.75, 3.05) is 10.2 Å². The lowest BCUT2D eigenvalue weighted by Crippen LogP contribution is -2.31. The topological polar surface area (TPSA) is 95.6 Å². The maximum absolute atomic E-state index is 14.3. The van der Waals surface area contributed by atoms with E-state index in [1.807, 2.05) is 0 Å². The van der Waals surface area contributed by atoms with Gasteiger partial charge in [-0.1, -0.05) is 69.5 Å². The second-order valence-corrected chi connectivity index (χ2v) is 12.6. The van der Waals surface area contributed by atoms with Crippen LogP contribution in [-0.4, -0.2) is 28.9 Å². The maximum Gasteiger partial charge on any atom is 0.272 e. The van der Waals surface area contributed by atoms with Crippen LogP contribution >= 0.6 is 50.9 Å². The van der Waals surface area contributed by atoms with E-state index in [9.17, 15) is 23.6 Å². The summed E-state index contributed by atoms with van der Waals surface area (Å²) < 4.78 is 15.1. The average molecular weight is 713 g/mol. The van der Waals surface area contributed by atoms with Gasteiger partial charge in [-0.2, -0.15) is 0 Å². The van der Waals surface area contributed by atoms with Gasteiger partial charge in [-0.3, -0.25) is 19.2 Å². The van der Waals surface area contributed by atoms with Crippen LogP contribution in [0.3, 0.4) is 0 Å². The molecule has 0 radical (unpaired) electrons. The lowest BCUT2D eigenvalue weighted by molar-refractivity contribution is -0.121. The highest BCUT2D eigenvalue weighted by Gasteiger charge is 2.40. The zero-order valence-corrected chi connectivity index (χ0v) is 26.4. The molecule has 12 heteroatoms. The van der Waals surface area contributed by atoms with Gasteiger partial charge in [-0.05, 0) is 72.3 Å². The molecule has 4 aromatic rings. The highest BCUT2D eigenvalue weighted by molar-refractivity contribution is 9.10. The monoisotopic (exact) mass is 711 g/mol. The number of hydrogen-bond acceptors (Lipinski definition) is 5. The second-order valence-electron chi connectivity index (χ2n) is 9.53. The van der Waals surface area contributed by atoms with Gasteiger partial charge in [-0.15, -0.1) is 11.8 Å². The molecular formula is C32H21BrCl2FN3O4S. The van der Waals surface area contributed by atoms with Crippen LogP contribution in [0, 0.1) is 5.82 Å². The molecule has 44 heavy (non-hydrogen) atoms. The minimum Gasteiger partial charge on any atom is -0.321 e. The van der Waals surface area contributed by atoms with Gasteiger partial charge in [0.05, 0.1) is 16.5 Å². The summed E-state index contributed by atoms with van der Waals surface area (Å²) in [5.41, 5.74) is 0.948. The van der Waals surface area contributed by atoms with Crippen molar-refractivity contribution in [1.29, 1.82) is 0 Å². The minimum absolute atomic E-state index is 0.0353. The molecule has 1 fully saturated rings. The van der Waals surface area contributed by atoms with Gasteiger partial charge in [0.15, 0.2) is 0 Å². The first kappa shape index (κ1) is 31.5. The summed E-state index contributed by atoms with van der Waals surface area (Å²) >= 11 is 16.7.